The molecule has 0 aliphatic rings. The van der Waals surface area contributed by atoms with E-state index in [2.05, 4.69) is 20.8 Å². The van der Waals surface area contributed by atoms with Crippen LogP contribution in [0.15, 0.2) is 0 Å². The Kier molecular flexibility index (Phi) is 9.55. The maximum absolute atomic E-state index is 6.39. The van der Waals surface area contributed by atoms with Crippen LogP contribution in [0.1, 0.15) is 53.9 Å². The third-order valence-electron chi connectivity index (χ3n) is 2.40. The summed E-state index contributed by atoms with van der Waals surface area (Å²) in [6.45, 7) is 11.6. The summed E-state index contributed by atoms with van der Waals surface area (Å²) in [6.07, 6.45) is 2.86. The number of hydrogen-bond acceptors (Lipinski definition) is 3. The molecule has 1 atom stereocenters. The zero-order chi connectivity index (χ0) is 13.3. The second-order valence-electron chi connectivity index (χ2n) is 4.49. The lowest BCUT2D eigenvalue weighted by molar-refractivity contribution is 0.0265. The lowest BCUT2D eigenvalue weighted by Crippen LogP contribution is -2.45. The molecule has 0 aromatic carbocycles. The van der Waals surface area contributed by atoms with E-state index in [1.54, 1.807) is 0 Å². The van der Waals surface area contributed by atoms with Gasteiger partial charge in [0.05, 0.1) is 6.10 Å². The van der Waals surface area contributed by atoms with Gasteiger partial charge in [0.25, 0.3) is 0 Å². The third kappa shape index (κ3) is 7.42. The van der Waals surface area contributed by atoms with E-state index in [0.29, 0.717) is 19.1 Å². The van der Waals surface area contributed by atoms with Crippen LogP contribution in [-0.4, -0.2) is 27.4 Å². The van der Waals surface area contributed by atoms with E-state index in [1.807, 2.05) is 13.8 Å². The summed E-state index contributed by atoms with van der Waals surface area (Å²) in [6, 6.07) is 0. The number of halogens is 1. The first kappa shape index (κ1) is 17.4. The fourth-order valence-electron chi connectivity index (χ4n) is 1.43. The van der Waals surface area contributed by atoms with Crippen molar-refractivity contribution in [2.45, 2.75) is 60.0 Å². The monoisotopic (exact) mass is 282 g/mol. The summed E-state index contributed by atoms with van der Waals surface area (Å²) in [5.74, 6) is 0.418. The summed E-state index contributed by atoms with van der Waals surface area (Å²) in [7, 11) is -2.97. The number of rotatable bonds is 10. The van der Waals surface area contributed by atoms with Gasteiger partial charge in [0, 0.05) is 13.2 Å². The zero-order valence-corrected chi connectivity index (χ0v) is 13.5. The van der Waals surface area contributed by atoms with E-state index in [9.17, 15) is 0 Å². The molecule has 0 spiro atoms. The maximum atomic E-state index is 6.39. The van der Waals surface area contributed by atoms with Crippen LogP contribution in [0.3, 0.4) is 0 Å². The maximum Gasteiger partial charge on any atom is 0.613 e. The molecule has 0 rings (SSSR count). The topological polar surface area (TPSA) is 27.7 Å². The molecular weight excluding hydrogens is 256 g/mol. The fraction of sp³-hybridized carbons (Fsp3) is 1.00. The Morgan fingerprint density at radius 2 is 1.47 bits per heavy atom. The molecule has 1 unspecified atom stereocenters. The molecule has 17 heavy (non-hydrogen) atoms. The lowest BCUT2D eigenvalue weighted by atomic mass is 10.1. The van der Waals surface area contributed by atoms with Crippen LogP contribution in [0.25, 0.3) is 0 Å². The predicted molar refractivity (Wildman–Crippen MR) is 74.1 cm³/mol. The molecule has 0 radical (unpaired) electrons. The van der Waals surface area contributed by atoms with Gasteiger partial charge in [-0.2, -0.15) is 0 Å². The van der Waals surface area contributed by atoms with Crippen LogP contribution in [0, 0.1) is 5.92 Å². The van der Waals surface area contributed by atoms with E-state index >= 15 is 0 Å². The Hall–Kier alpha value is 0.387. The molecule has 0 aromatic rings. The summed E-state index contributed by atoms with van der Waals surface area (Å²) < 4.78 is 17.2. The first-order valence-electron chi connectivity index (χ1n) is 6.63. The second kappa shape index (κ2) is 9.33. The molecule has 0 heterocycles. The van der Waals surface area contributed by atoms with Gasteiger partial charge in [-0.3, -0.25) is 0 Å². The minimum atomic E-state index is -2.97. The highest BCUT2D eigenvalue weighted by Gasteiger charge is 2.42. The van der Waals surface area contributed by atoms with E-state index in [-0.39, 0.29) is 6.10 Å². The van der Waals surface area contributed by atoms with Gasteiger partial charge in [-0.05, 0) is 25.2 Å². The summed E-state index contributed by atoms with van der Waals surface area (Å²) in [4.78, 5) is 0. The summed E-state index contributed by atoms with van der Waals surface area (Å²) in [5.41, 5.74) is 0. The molecule has 0 saturated carbocycles. The van der Waals surface area contributed by atoms with Gasteiger partial charge in [0.1, 0.15) is 0 Å². The van der Waals surface area contributed by atoms with Crippen LogP contribution in [-0.2, 0) is 13.3 Å². The van der Waals surface area contributed by atoms with Crippen molar-refractivity contribution in [2.75, 3.05) is 13.2 Å². The van der Waals surface area contributed by atoms with Crippen LogP contribution in [0.4, 0.5) is 0 Å². The largest absolute Gasteiger partial charge is 0.613 e. The smallest absolute Gasteiger partial charge is 0.362 e. The summed E-state index contributed by atoms with van der Waals surface area (Å²) in [5, 5.41) is 0. The minimum Gasteiger partial charge on any atom is -0.362 e. The van der Waals surface area contributed by atoms with Gasteiger partial charge in [-0.15, -0.1) is 0 Å². The van der Waals surface area contributed by atoms with Gasteiger partial charge >= 0.3 is 8.11 Å². The Morgan fingerprint density at radius 1 is 1.00 bits per heavy atom. The van der Waals surface area contributed by atoms with Crippen molar-refractivity contribution in [1.82, 2.24) is 0 Å². The molecule has 0 fully saturated rings. The SMILES string of the molecule is CCCO[Si](Cl)(OCCC)OC(CC)C(C)C. The molecule has 0 aliphatic heterocycles. The molecule has 3 nitrogen and oxygen atoms in total. The van der Waals surface area contributed by atoms with Crippen molar-refractivity contribution in [3.63, 3.8) is 0 Å². The lowest BCUT2D eigenvalue weighted by Gasteiger charge is -2.29. The van der Waals surface area contributed by atoms with Gasteiger partial charge in [-0.25, -0.2) is 0 Å². The molecule has 104 valence electrons. The zero-order valence-electron chi connectivity index (χ0n) is 11.8. The molecular formula is C12H27ClO3Si. The molecule has 5 heteroatoms. The Bertz CT molecular complexity index is 183. The van der Waals surface area contributed by atoms with E-state index in [0.717, 1.165) is 19.3 Å². The van der Waals surface area contributed by atoms with Crippen LogP contribution in [0.2, 0.25) is 0 Å². The van der Waals surface area contributed by atoms with Crippen LogP contribution in [0.5, 0.6) is 0 Å². The molecule has 0 aromatic heterocycles. The van der Waals surface area contributed by atoms with Crippen molar-refractivity contribution >= 4 is 19.2 Å². The fourth-order valence-corrected chi connectivity index (χ4v) is 4.15. The molecule has 0 bridgehead atoms. The minimum absolute atomic E-state index is 0.105. The highest BCUT2D eigenvalue weighted by Crippen LogP contribution is 2.23. The standard InChI is InChI=1S/C12H27ClO3Si/c1-6-9-14-17(13,15-10-7-2)16-12(8-3)11(4)5/h11-12H,6-10H2,1-5H3. The molecule has 0 N–H and O–H groups in total. The van der Waals surface area contributed by atoms with Gasteiger partial charge in [-0.1, -0.05) is 45.7 Å². The Morgan fingerprint density at radius 3 is 1.76 bits per heavy atom. The van der Waals surface area contributed by atoms with Crippen LogP contribution >= 0.6 is 11.1 Å². The van der Waals surface area contributed by atoms with Gasteiger partial charge < -0.3 is 13.3 Å². The molecule has 0 saturated heterocycles. The quantitative estimate of drug-likeness (QED) is 0.448. The van der Waals surface area contributed by atoms with Crippen molar-refractivity contribution in [3.05, 3.63) is 0 Å². The van der Waals surface area contributed by atoms with E-state index in [4.69, 9.17) is 24.4 Å². The first-order chi connectivity index (χ1) is 7.99. The number of hydrogen-bond donors (Lipinski definition) is 0. The average molecular weight is 283 g/mol. The Balaban J connectivity index is 4.42. The predicted octanol–water partition coefficient (Wildman–Crippen LogP) is 3.97. The highest BCUT2D eigenvalue weighted by atomic mass is 35.6. The normalized spacial score (nSPS) is 14.3. The highest BCUT2D eigenvalue weighted by molar-refractivity contribution is 7.09. The van der Waals surface area contributed by atoms with Crippen molar-refractivity contribution < 1.29 is 13.3 Å². The van der Waals surface area contributed by atoms with E-state index < -0.39 is 8.11 Å². The van der Waals surface area contributed by atoms with Crippen LogP contribution < -0.4 is 0 Å². The van der Waals surface area contributed by atoms with Gasteiger partial charge in [0.15, 0.2) is 0 Å². The third-order valence-corrected chi connectivity index (χ3v) is 5.00. The molecule has 0 amide bonds. The van der Waals surface area contributed by atoms with Crippen molar-refractivity contribution in [2.24, 2.45) is 5.92 Å². The van der Waals surface area contributed by atoms with Crippen molar-refractivity contribution in [1.29, 1.82) is 0 Å². The van der Waals surface area contributed by atoms with E-state index in [1.165, 1.54) is 0 Å². The second-order valence-corrected chi connectivity index (χ2v) is 7.65. The Labute approximate surface area is 112 Å². The average Bonchev–Trinajstić information content (AvgIpc) is 2.31. The first-order valence-corrected chi connectivity index (χ1v) is 9.37. The molecule has 0 aliphatic carbocycles. The summed E-state index contributed by atoms with van der Waals surface area (Å²) >= 11 is 6.39. The van der Waals surface area contributed by atoms with Gasteiger partial charge in [0.2, 0.25) is 0 Å². The van der Waals surface area contributed by atoms with Crippen molar-refractivity contribution in [3.8, 4) is 0 Å².